The van der Waals surface area contributed by atoms with Crippen LogP contribution in [0, 0.1) is 5.41 Å². The molecule has 1 unspecified atom stereocenters. The van der Waals surface area contributed by atoms with Gasteiger partial charge in [-0.15, -0.1) is 0 Å². The second-order valence-corrected chi connectivity index (χ2v) is 41.1. The molecule has 47 heavy (non-hydrogen) atoms. The molecule has 1 rings (SSSR count). The molecule has 0 radical (unpaired) electrons. The molecule has 0 aromatic heterocycles. The lowest BCUT2D eigenvalue weighted by atomic mass is 9.88. The number of hydrogen-bond donors (Lipinski definition) is 2. The normalized spacial score (nSPS) is 14.6. The standard InChI is InChI=1S/C24H44O7Si3.C7H22O3Si3/c1-9-24(18-25,20-29-23(27)22(26)21-14-11-10-12-15-21)19-28-16-13-17-34(8,30-32(2,3)4)31-33(5,6)7;1-11(2,3)9-13(7,8)10-12(4,5)6/h10-12,14-15,25H,9,13,16-20H2,1-8H3;8H,1-7H3. The first-order valence-electron chi connectivity index (χ1n) is 16.5. The maximum Gasteiger partial charge on any atom is 0.473 e. The molecule has 0 aliphatic carbocycles. The van der Waals surface area contributed by atoms with E-state index in [1.807, 2.05) is 6.92 Å². The fourth-order valence-corrected chi connectivity index (χ4v) is 26.9. The van der Waals surface area contributed by atoms with Crippen molar-refractivity contribution in [1.82, 2.24) is 0 Å². The third kappa shape index (κ3) is 22.7. The molecule has 274 valence electrons. The lowest BCUT2D eigenvalue weighted by Crippen LogP contribution is -2.52. The molecule has 1 aromatic rings. The zero-order valence-corrected chi connectivity index (χ0v) is 38.0. The Bertz CT molecular complexity index is 1040. The summed E-state index contributed by atoms with van der Waals surface area (Å²) < 4.78 is 35.5. The fraction of sp³-hybridized carbons (Fsp3) is 0.742. The summed E-state index contributed by atoms with van der Waals surface area (Å²) in [5.74, 6) is -1.62. The van der Waals surface area contributed by atoms with Crippen LogP contribution < -0.4 is 0 Å². The summed E-state index contributed by atoms with van der Waals surface area (Å²) in [6.07, 6.45) is 1.33. The Labute approximate surface area is 292 Å². The van der Waals surface area contributed by atoms with Crippen LogP contribution in [0.15, 0.2) is 30.3 Å². The fourth-order valence-electron chi connectivity index (χ4n) is 4.80. The van der Waals surface area contributed by atoms with Crippen molar-refractivity contribution in [2.75, 3.05) is 26.4 Å². The molecule has 0 fully saturated rings. The topological polar surface area (TPSA) is 130 Å². The zero-order valence-electron chi connectivity index (χ0n) is 32.0. The van der Waals surface area contributed by atoms with Crippen LogP contribution in [0.2, 0.25) is 97.7 Å². The number of ketones is 1. The van der Waals surface area contributed by atoms with Crippen LogP contribution in [0.3, 0.4) is 0 Å². The van der Waals surface area contributed by atoms with Gasteiger partial charge in [-0.25, -0.2) is 4.79 Å². The van der Waals surface area contributed by atoms with Gasteiger partial charge in [0.05, 0.1) is 18.6 Å². The Balaban J connectivity index is 0.00000137. The van der Waals surface area contributed by atoms with Crippen LogP contribution >= 0.6 is 0 Å². The number of aliphatic hydroxyl groups is 1. The number of carbonyl (C=O) groups excluding carboxylic acids is 2. The van der Waals surface area contributed by atoms with E-state index in [1.165, 1.54) is 0 Å². The van der Waals surface area contributed by atoms with Crippen LogP contribution in [0.25, 0.3) is 0 Å². The van der Waals surface area contributed by atoms with Gasteiger partial charge in [0, 0.05) is 18.7 Å². The van der Waals surface area contributed by atoms with Crippen LogP contribution in [-0.4, -0.2) is 98.7 Å². The molecule has 1 atom stereocenters. The van der Waals surface area contributed by atoms with Gasteiger partial charge in [-0.3, -0.25) is 4.79 Å². The van der Waals surface area contributed by atoms with E-state index < -0.39 is 67.8 Å². The predicted octanol–water partition coefficient (Wildman–Crippen LogP) is 7.23. The number of ether oxygens (including phenoxy) is 2. The second-order valence-electron chi connectivity index (χ2n) is 16.3. The van der Waals surface area contributed by atoms with Gasteiger partial charge < -0.3 is 35.8 Å². The molecule has 2 N–H and O–H groups in total. The van der Waals surface area contributed by atoms with Crippen molar-refractivity contribution < 1.29 is 45.4 Å². The molecular formula is C31H66O10Si6. The molecule has 0 saturated heterocycles. The van der Waals surface area contributed by atoms with Crippen LogP contribution in [0.4, 0.5) is 0 Å². The Morgan fingerprint density at radius 2 is 1.15 bits per heavy atom. The molecule has 16 heteroatoms. The van der Waals surface area contributed by atoms with Gasteiger partial charge in [-0.1, -0.05) is 37.3 Å². The first-order chi connectivity index (χ1) is 21.1. The molecule has 0 spiro atoms. The Kier molecular flexibility index (Phi) is 18.9. The molecule has 1 aromatic carbocycles. The van der Waals surface area contributed by atoms with Gasteiger partial charge in [-0.05, 0) is 104 Å². The highest BCUT2D eigenvalue weighted by Crippen LogP contribution is 2.27. The molecule has 0 heterocycles. The van der Waals surface area contributed by atoms with Gasteiger partial charge in [-0.2, -0.15) is 0 Å². The monoisotopic (exact) mass is 766 g/mol. The summed E-state index contributed by atoms with van der Waals surface area (Å²) in [5, 5.41) is 10.0. The third-order valence-corrected chi connectivity index (χ3v) is 23.7. The molecular weight excluding hydrogens is 701 g/mol. The average molecular weight is 767 g/mol. The van der Waals surface area contributed by atoms with E-state index in [-0.39, 0.29) is 25.4 Å². The van der Waals surface area contributed by atoms with E-state index in [2.05, 4.69) is 85.1 Å². The molecule has 0 saturated carbocycles. The second kappa shape index (κ2) is 19.1. The Morgan fingerprint density at radius 3 is 1.53 bits per heavy atom. The minimum Gasteiger partial charge on any atom is -0.459 e. The van der Waals surface area contributed by atoms with E-state index in [0.29, 0.717) is 13.0 Å². The molecule has 0 aliphatic heterocycles. The van der Waals surface area contributed by atoms with Crippen molar-refractivity contribution in [1.29, 1.82) is 0 Å². The summed E-state index contributed by atoms with van der Waals surface area (Å²) >= 11 is 0. The maximum atomic E-state index is 12.2. The minimum absolute atomic E-state index is 0.0820. The van der Waals surface area contributed by atoms with Crippen LogP contribution in [-0.2, 0) is 30.7 Å². The largest absolute Gasteiger partial charge is 0.473 e. The summed E-state index contributed by atoms with van der Waals surface area (Å²) in [6.45, 7) is 31.6. The number of aliphatic hydroxyl groups excluding tert-OH is 1. The van der Waals surface area contributed by atoms with Crippen LogP contribution in [0.5, 0.6) is 0 Å². The quantitative estimate of drug-likeness (QED) is 0.0461. The van der Waals surface area contributed by atoms with Gasteiger partial charge in [0.1, 0.15) is 6.61 Å². The highest BCUT2D eigenvalue weighted by atomic mass is 28.5. The van der Waals surface area contributed by atoms with E-state index in [9.17, 15) is 19.5 Å². The van der Waals surface area contributed by atoms with Crippen molar-refractivity contribution >= 4 is 62.4 Å². The summed E-state index contributed by atoms with van der Waals surface area (Å²) in [5.41, 5.74) is -0.472. The van der Waals surface area contributed by atoms with Crippen molar-refractivity contribution in [2.45, 2.75) is 117 Å². The summed E-state index contributed by atoms with van der Waals surface area (Å²) in [7, 11) is -12.0. The van der Waals surface area contributed by atoms with Crippen LogP contribution in [0.1, 0.15) is 30.1 Å². The SMILES string of the molecule is CCC(CO)(COCCC[Si](C)(O[Si](C)(C)C)O[Si](C)(C)C)COC(=O)C(=O)c1ccccc1.C[Si](C)(C)O[Si](C)(O)O[Si](C)(C)C. The van der Waals surface area contributed by atoms with Gasteiger partial charge >= 0.3 is 23.3 Å². The van der Waals surface area contributed by atoms with Crippen molar-refractivity contribution in [3.05, 3.63) is 35.9 Å². The predicted molar refractivity (Wildman–Crippen MR) is 205 cm³/mol. The Morgan fingerprint density at radius 1 is 0.702 bits per heavy atom. The number of rotatable bonds is 20. The van der Waals surface area contributed by atoms with E-state index in [4.69, 9.17) is 25.9 Å². The van der Waals surface area contributed by atoms with Gasteiger partial charge in [0.25, 0.3) is 5.78 Å². The van der Waals surface area contributed by atoms with E-state index in [0.717, 1.165) is 12.5 Å². The molecule has 10 nitrogen and oxygen atoms in total. The molecule has 0 bridgehead atoms. The minimum atomic E-state index is -2.85. The number of Topliss-reactive ketones (excluding diaryl/α,β-unsaturated/α-hetero) is 1. The van der Waals surface area contributed by atoms with E-state index >= 15 is 0 Å². The third-order valence-electron chi connectivity index (χ3n) is 6.18. The number of hydrogen-bond acceptors (Lipinski definition) is 10. The smallest absolute Gasteiger partial charge is 0.459 e. The lowest BCUT2D eigenvalue weighted by molar-refractivity contribution is -0.145. The summed E-state index contributed by atoms with van der Waals surface area (Å²) in [6, 6.07) is 9.12. The zero-order chi connectivity index (χ0) is 37.0. The molecule has 0 aliphatic rings. The first-order valence-corrected chi connectivity index (χ1v) is 35.0. The number of carbonyl (C=O) groups is 2. The molecule has 0 amide bonds. The average Bonchev–Trinajstić information content (AvgIpc) is 2.85. The maximum absolute atomic E-state index is 12.2. The summed E-state index contributed by atoms with van der Waals surface area (Å²) in [4.78, 5) is 34.4. The number of esters is 1. The van der Waals surface area contributed by atoms with Gasteiger partial charge in [0.15, 0.2) is 33.3 Å². The highest BCUT2D eigenvalue weighted by Gasteiger charge is 2.41. The van der Waals surface area contributed by atoms with Crippen molar-refractivity contribution in [2.24, 2.45) is 5.41 Å². The Hall–Kier alpha value is -0.619. The lowest BCUT2D eigenvalue weighted by Gasteiger charge is -2.38. The van der Waals surface area contributed by atoms with Crippen molar-refractivity contribution in [3.8, 4) is 0 Å². The van der Waals surface area contributed by atoms with E-state index in [1.54, 1.807) is 36.9 Å². The number of benzene rings is 1. The first kappa shape index (κ1) is 46.4. The highest BCUT2D eigenvalue weighted by molar-refractivity contribution is 6.87. The van der Waals surface area contributed by atoms with Crippen molar-refractivity contribution in [3.63, 3.8) is 0 Å². The van der Waals surface area contributed by atoms with Gasteiger partial charge in [0.2, 0.25) is 0 Å².